The zero-order chi connectivity index (χ0) is 16.7. The summed E-state index contributed by atoms with van der Waals surface area (Å²) < 4.78 is 1.51. The van der Waals surface area contributed by atoms with E-state index in [4.69, 9.17) is 0 Å². The van der Waals surface area contributed by atoms with Gasteiger partial charge in [-0.15, -0.1) is 0 Å². The number of nitro groups is 1. The molecule has 0 aromatic carbocycles. The van der Waals surface area contributed by atoms with Crippen LogP contribution in [0.4, 0.5) is 5.69 Å². The molecule has 1 heterocycles. The van der Waals surface area contributed by atoms with Crippen molar-refractivity contribution in [1.29, 1.82) is 0 Å². The van der Waals surface area contributed by atoms with Crippen LogP contribution in [0.1, 0.15) is 58.2 Å². The third kappa shape index (κ3) is 2.96. The van der Waals surface area contributed by atoms with Crippen LogP contribution in [0.25, 0.3) is 0 Å². The van der Waals surface area contributed by atoms with Crippen molar-refractivity contribution < 1.29 is 19.9 Å². The molecule has 1 aliphatic carbocycles. The van der Waals surface area contributed by atoms with Crippen molar-refractivity contribution in [3.8, 4) is 0 Å². The number of hydrogen-bond acceptors (Lipinski definition) is 5. The third-order valence-corrected chi connectivity index (χ3v) is 4.44. The first-order chi connectivity index (χ1) is 10.0. The van der Waals surface area contributed by atoms with Crippen LogP contribution in [0.5, 0.6) is 0 Å². The second-order valence-electron chi connectivity index (χ2n) is 6.76. The van der Waals surface area contributed by atoms with Gasteiger partial charge in [-0.1, -0.05) is 0 Å². The molecule has 1 aromatic heterocycles. The fourth-order valence-corrected chi connectivity index (χ4v) is 2.86. The summed E-state index contributed by atoms with van der Waals surface area (Å²) in [6.45, 7) is 4.63. The second kappa shape index (κ2) is 5.35. The van der Waals surface area contributed by atoms with Gasteiger partial charge in [0.05, 0.1) is 16.4 Å². The first kappa shape index (κ1) is 16.4. The van der Waals surface area contributed by atoms with E-state index in [9.17, 15) is 25.1 Å². The molecular formula is C14H21N3O5. The Balaban J connectivity index is 2.25. The average Bonchev–Trinajstić information content (AvgIpc) is 2.84. The molecule has 1 aliphatic rings. The normalized spacial score (nSPS) is 25.9. The molecule has 0 saturated heterocycles. The van der Waals surface area contributed by atoms with Gasteiger partial charge in [0.25, 0.3) is 0 Å². The minimum atomic E-state index is -1.40. The lowest BCUT2D eigenvalue weighted by molar-refractivity contribution is -0.386. The third-order valence-electron chi connectivity index (χ3n) is 4.44. The zero-order valence-electron chi connectivity index (χ0n) is 12.9. The van der Waals surface area contributed by atoms with E-state index in [1.807, 2.05) is 0 Å². The smallest absolute Gasteiger partial charge is 0.313 e. The van der Waals surface area contributed by atoms with Crippen molar-refractivity contribution in [2.24, 2.45) is 5.41 Å². The molecule has 8 heteroatoms. The van der Waals surface area contributed by atoms with E-state index in [1.54, 1.807) is 6.92 Å². The molecule has 0 radical (unpaired) electrons. The number of carboxylic acids is 1. The largest absolute Gasteiger partial charge is 0.481 e. The van der Waals surface area contributed by atoms with Crippen LogP contribution >= 0.6 is 0 Å². The van der Waals surface area contributed by atoms with E-state index in [-0.39, 0.29) is 17.4 Å². The maximum absolute atomic E-state index is 11.3. The molecule has 0 spiro atoms. The number of hydrogen-bond donors (Lipinski definition) is 2. The summed E-state index contributed by atoms with van der Waals surface area (Å²) in [4.78, 5) is 21.8. The van der Waals surface area contributed by atoms with Gasteiger partial charge >= 0.3 is 11.7 Å². The molecule has 1 fully saturated rings. The summed E-state index contributed by atoms with van der Waals surface area (Å²) >= 11 is 0. The fourth-order valence-electron chi connectivity index (χ4n) is 2.86. The summed E-state index contributed by atoms with van der Waals surface area (Å²) in [5.74, 6) is -0.811. The van der Waals surface area contributed by atoms with Crippen molar-refractivity contribution in [3.63, 3.8) is 0 Å². The van der Waals surface area contributed by atoms with Crippen LogP contribution in [0.2, 0.25) is 0 Å². The van der Waals surface area contributed by atoms with Gasteiger partial charge in [-0.2, -0.15) is 5.10 Å². The van der Waals surface area contributed by atoms with E-state index in [0.29, 0.717) is 25.7 Å². The van der Waals surface area contributed by atoms with Gasteiger partial charge in [0.15, 0.2) is 5.69 Å². The van der Waals surface area contributed by atoms with Crippen LogP contribution in [0.15, 0.2) is 6.20 Å². The number of aliphatic carboxylic acids is 1. The summed E-state index contributed by atoms with van der Waals surface area (Å²) in [6, 6.07) is -0.0813. The molecule has 0 amide bonds. The predicted octanol–water partition coefficient (Wildman–Crippen LogP) is 2.22. The fraction of sp³-hybridized carbons (Fsp3) is 0.714. The number of aromatic nitrogens is 2. The average molecular weight is 311 g/mol. The molecule has 0 unspecified atom stereocenters. The van der Waals surface area contributed by atoms with Crippen LogP contribution < -0.4 is 0 Å². The van der Waals surface area contributed by atoms with Gasteiger partial charge in [-0.3, -0.25) is 19.6 Å². The number of nitrogens with zero attached hydrogens (tertiary/aromatic N) is 3. The molecule has 0 atom stereocenters. The molecular weight excluding hydrogens is 290 g/mol. The standard InChI is InChI=1S/C14H21N3O5/c1-13(2,20)11-10(17(21)22)8-16(15-11)9-4-6-14(3,7-5-9)12(18)19/h8-9,20H,4-7H2,1-3H3,(H,18,19). The summed E-state index contributed by atoms with van der Waals surface area (Å²) in [6.07, 6.45) is 3.51. The number of carboxylic acid groups (broad SMARTS) is 1. The highest BCUT2D eigenvalue weighted by molar-refractivity contribution is 5.74. The van der Waals surface area contributed by atoms with Crippen LogP contribution in [-0.2, 0) is 10.4 Å². The van der Waals surface area contributed by atoms with Gasteiger partial charge in [0, 0.05) is 0 Å². The number of aliphatic hydroxyl groups is 1. The van der Waals surface area contributed by atoms with E-state index in [0.717, 1.165) is 0 Å². The van der Waals surface area contributed by atoms with Gasteiger partial charge in [0.2, 0.25) is 0 Å². The lowest BCUT2D eigenvalue weighted by Gasteiger charge is -2.33. The van der Waals surface area contributed by atoms with Crippen molar-refractivity contribution in [3.05, 3.63) is 22.0 Å². The Hall–Kier alpha value is -1.96. The molecule has 1 aromatic rings. The van der Waals surface area contributed by atoms with Gasteiger partial charge in [-0.25, -0.2) is 0 Å². The Bertz CT molecular complexity index is 594. The highest BCUT2D eigenvalue weighted by Crippen LogP contribution is 2.41. The van der Waals surface area contributed by atoms with Gasteiger partial charge in [-0.05, 0) is 46.5 Å². The van der Waals surface area contributed by atoms with Crippen molar-refractivity contribution in [2.45, 2.75) is 58.1 Å². The minimum Gasteiger partial charge on any atom is -0.481 e. The quantitative estimate of drug-likeness (QED) is 0.650. The Morgan fingerprint density at radius 2 is 2.05 bits per heavy atom. The monoisotopic (exact) mass is 311 g/mol. The van der Waals surface area contributed by atoms with Crippen LogP contribution in [-0.4, -0.2) is 30.9 Å². The van der Waals surface area contributed by atoms with Crippen LogP contribution in [0.3, 0.4) is 0 Å². The maximum atomic E-state index is 11.3. The van der Waals surface area contributed by atoms with Gasteiger partial charge < -0.3 is 10.2 Å². The number of carbonyl (C=O) groups is 1. The molecule has 22 heavy (non-hydrogen) atoms. The predicted molar refractivity (Wildman–Crippen MR) is 77.4 cm³/mol. The first-order valence-corrected chi connectivity index (χ1v) is 7.24. The lowest BCUT2D eigenvalue weighted by Crippen LogP contribution is -2.33. The Kier molecular flexibility index (Phi) is 3.99. The highest BCUT2D eigenvalue weighted by atomic mass is 16.6. The maximum Gasteiger partial charge on any atom is 0.313 e. The summed E-state index contributed by atoms with van der Waals surface area (Å²) in [5, 5.41) is 34.6. The van der Waals surface area contributed by atoms with Crippen molar-refractivity contribution in [1.82, 2.24) is 9.78 Å². The zero-order valence-corrected chi connectivity index (χ0v) is 12.9. The Labute approximate surface area is 127 Å². The Morgan fingerprint density at radius 1 is 1.50 bits per heavy atom. The summed E-state index contributed by atoms with van der Waals surface area (Å²) in [7, 11) is 0. The molecule has 2 rings (SSSR count). The van der Waals surface area contributed by atoms with Gasteiger partial charge in [0.1, 0.15) is 11.8 Å². The molecule has 2 N–H and O–H groups in total. The molecule has 122 valence electrons. The second-order valence-corrected chi connectivity index (χ2v) is 6.76. The minimum absolute atomic E-state index is 0.0315. The molecule has 0 aliphatic heterocycles. The van der Waals surface area contributed by atoms with E-state index < -0.39 is 21.9 Å². The lowest BCUT2D eigenvalue weighted by atomic mass is 9.74. The SMILES string of the molecule is CC1(C(=O)O)CCC(n2cc([N+](=O)[O-])c(C(C)(C)O)n2)CC1. The van der Waals surface area contributed by atoms with E-state index in [1.165, 1.54) is 24.7 Å². The topological polar surface area (TPSA) is 118 Å². The highest BCUT2D eigenvalue weighted by Gasteiger charge is 2.39. The van der Waals surface area contributed by atoms with Crippen molar-refractivity contribution >= 4 is 11.7 Å². The number of rotatable bonds is 4. The van der Waals surface area contributed by atoms with Crippen molar-refractivity contribution in [2.75, 3.05) is 0 Å². The van der Waals surface area contributed by atoms with E-state index in [2.05, 4.69) is 5.10 Å². The molecule has 8 nitrogen and oxygen atoms in total. The first-order valence-electron chi connectivity index (χ1n) is 7.24. The van der Waals surface area contributed by atoms with E-state index >= 15 is 0 Å². The summed E-state index contributed by atoms with van der Waals surface area (Å²) in [5.41, 5.74) is -2.32. The Morgan fingerprint density at radius 3 is 2.41 bits per heavy atom. The molecule has 0 bridgehead atoms. The van der Waals surface area contributed by atoms with Crippen LogP contribution in [0, 0.1) is 15.5 Å². The molecule has 1 saturated carbocycles.